The minimum atomic E-state index is 0.619. The number of hydrogen-bond donors (Lipinski definition) is 0. The Kier molecular flexibility index (Phi) is 8.17. The van der Waals surface area contributed by atoms with Crippen LogP contribution in [-0.4, -0.2) is 48.6 Å². The van der Waals surface area contributed by atoms with E-state index in [1.165, 1.54) is 0 Å². The van der Waals surface area contributed by atoms with Crippen LogP contribution in [0.15, 0.2) is 103 Å². The van der Waals surface area contributed by atoms with Gasteiger partial charge in [0.1, 0.15) is 24.2 Å². The molecule has 0 aliphatic heterocycles. The first kappa shape index (κ1) is 26.6. The number of pyridine rings is 1. The zero-order valence-corrected chi connectivity index (χ0v) is 23.1. The van der Waals surface area contributed by atoms with Crippen molar-refractivity contribution in [1.82, 2.24) is 24.1 Å². The molecular weight excluding hydrogens is 544 g/mol. The minimum Gasteiger partial charge on any atom is -0.493 e. The SMILES string of the molecule is COc1cc2nccc(Oc3ccc4c(N=C=S)cccc4c3)c2cc1OC.S=C(n1ccnc1)n1ccnc1. The Labute approximate surface area is 240 Å². The highest BCUT2D eigenvalue weighted by Crippen LogP contribution is 2.37. The second-order valence-electron chi connectivity index (χ2n) is 8.22. The summed E-state index contributed by atoms with van der Waals surface area (Å²) in [5.41, 5.74) is 1.54. The number of fused-ring (bicyclic) bond motifs is 2. The molecule has 0 spiro atoms. The van der Waals surface area contributed by atoms with Crippen molar-refractivity contribution in [2.24, 2.45) is 4.99 Å². The lowest BCUT2D eigenvalue weighted by Crippen LogP contribution is -2.15. The fraction of sp³-hybridized carbons (Fsp3) is 0.0690. The second kappa shape index (κ2) is 12.3. The predicted octanol–water partition coefficient (Wildman–Crippen LogP) is 6.69. The summed E-state index contributed by atoms with van der Waals surface area (Å²) >= 11 is 9.87. The Hall–Kier alpha value is -4.96. The topological polar surface area (TPSA) is 88.6 Å². The average Bonchev–Trinajstić information content (AvgIpc) is 3.72. The Morgan fingerprint density at radius 1 is 0.825 bits per heavy atom. The van der Waals surface area contributed by atoms with Crippen LogP contribution in [0, 0.1) is 0 Å². The third-order valence-corrected chi connectivity index (χ3v) is 6.39. The lowest BCUT2D eigenvalue weighted by atomic mass is 10.1. The molecule has 0 radical (unpaired) electrons. The molecule has 11 heteroatoms. The maximum Gasteiger partial charge on any atom is 0.190 e. The zero-order chi connectivity index (χ0) is 27.9. The smallest absolute Gasteiger partial charge is 0.190 e. The van der Waals surface area contributed by atoms with Crippen molar-refractivity contribution in [1.29, 1.82) is 0 Å². The van der Waals surface area contributed by atoms with E-state index in [9.17, 15) is 0 Å². The van der Waals surface area contributed by atoms with Crippen molar-refractivity contribution in [3.8, 4) is 23.0 Å². The summed E-state index contributed by atoms with van der Waals surface area (Å²) in [5.74, 6) is 2.63. The van der Waals surface area contributed by atoms with Crippen molar-refractivity contribution in [2.45, 2.75) is 0 Å². The molecule has 3 aromatic carbocycles. The number of benzene rings is 3. The van der Waals surface area contributed by atoms with Crippen LogP contribution < -0.4 is 14.2 Å². The fourth-order valence-corrected chi connectivity index (χ4v) is 4.31. The van der Waals surface area contributed by atoms with E-state index in [-0.39, 0.29) is 0 Å². The van der Waals surface area contributed by atoms with Gasteiger partial charge in [-0.15, -0.1) is 0 Å². The van der Waals surface area contributed by atoms with Gasteiger partial charge in [-0.25, -0.2) is 9.97 Å². The third kappa shape index (κ3) is 5.71. The van der Waals surface area contributed by atoms with E-state index in [1.807, 2.05) is 54.6 Å². The van der Waals surface area contributed by atoms with Gasteiger partial charge in [-0.05, 0) is 66.2 Å². The monoisotopic (exact) mass is 566 g/mol. The number of methoxy groups -OCH3 is 2. The van der Waals surface area contributed by atoms with E-state index in [0.29, 0.717) is 28.1 Å². The van der Waals surface area contributed by atoms with E-state index in [1.54, 1.807) is 67.0 Å². The maximum absolute atomic E-state index is 6.17. The summed E-state index contributed by atoms with van der Waals surface area (Å²) in [6, 6.07) is 17.2. The molecule has 0 bridgehead atoms. The van der Waals surface area contributed by atoms with Gasteiger partial charge in [0.25, 0.3) is 0 Å². The first-order valence-electron chi connectivity index (χ1n) is 11.9. The van der Waals surface area contributed by atoms with Crippen molar-refractivity contribution in [3.63, 3.8) is 0 Å². The van der Waals surface area contributed by atoms with Crippen molar-refractivity contribution in [3.05, 3.63) is 98.2 Å². The molecule has 0 atom stereocenters. The average molecular weight is 567 g/mol. The highest BCUT2D eigenvalue weighted by atomic mass is 32.1. The van der Waals surface area contributed by atoms with Crippen LogP contribution in [0.2, 0.25) is 0 Å². The molecule has 0 saturated heterocycles. The molecule has 6 aromatic rings. The van der Waals surface area contributed by atoms with Gasteiger partial charge in [-0.2, -0.15) is 4.99 Å². The van der Waals surface area contributed by atoms with Crippen LogP contribution in [0.25, 0.3) is 21.7 Å². The fourth-order valence-electron chi connectivity index (χ4n) is 4.00. The van der Waals surface area contributed by atoms with Crippen LogP contribution >= 0.6 is 24.4 Å². The molecule has 9 nitrogen and oxygen atoms in total. The number of aliphatic imine (C=N–C) groups is 1. The summed E-state index contributed by atoms with van der Waals surface area (Å²) in [6.07, 6.45) is 12.0. The Balaban J connectivity index is 0.000000223. The van der Waals surface area contributed by atoms with Gasteiger partial charge in [0.15, 0.2) is 16.6 Å². The van der Waals surface area contributed by atoms with Gasteiger partial charge in [-0.1, -0.05) is 12.1 Å². The molecule has 3 heterocycles. The number of ether oxygens (including phenoxy) is 3. The number of hydrogen-bond acceptors (Lipinski definition) is 9. The van der Waals surface area contributed by atoms with Gasteiger partial charge in [0.2, 0.25) is 0 Å². The van der Waals surface area contributed by atoms with E-state index in [2.05, 4.69) is 25.1 Å². The predicted molar refractivity (Wildman–Crippen MR) is 161 cm³/mol. The number of imidazole rings is 2. The molecule has 6 rings (SSSR count). The van der Waals surface area contributed by atoms with Crippen molar-refractivity contribution in [2.75, 3.05) is 14.2 Å². The third-order valence-electron chi connectivity index (χ3n) is 5.88. The number of isothiocyanates is 1. The summed E-state index contributed by atoms with van der Waals surface area (Å²) in [4.78, 5) is 16.3. The van der Waals surface area contributed by atoms with Crippen molar-refractivity contribution < 1.29 is 14.2 Å². The summed E-state index contributed by atoms with van der Waals surface area (Å²) in [5, 5.41) is 5.88. The normalized spacial score (nSPS) is 10.3. The van der Waals surface area contributed by atoms with Crippen LogP contribution in [0.3, 0.4) is 0 Å². The zero-order valence-electron chi connectivity index (χ0n) is 21.5. The molecule has 0 amide bonds. The lowest BCUT2D eigenvalue weighted by Gasteiger charge is -2.13. The van der Waals surface area contributed by atoms with Gasteiger partial charge in [-0.3, -0.25) is 14.1 Å². The molecular formula is C29H22N6O3S2. The molecule has 40 heavy (non-hydrogen) atoms. The van der Waals surface area contributed by atoms with E-state index >= 15 is 0 Å². The first-order chi connectivity index (χ1) is 19.6. The number of nitrogens with zero attached hydrogens (tertiary/aromatic N) is 6. The van der Waals surface area contributed by atoms with Gasteiger partial charge >= 0.3 is 0 Å². The van der Waals surface area contributed by atoms with E-state index < -0.39 is 0 Å². The van der Waals surface area contributed by atoms with E-state index in [4.69, 9.17) is 38.6 Å². The van der Waals surface area contributed by atoms with Crippen LogP contribution in [-0.2, 0) is 0 Å². The molecule has 0 aliphatic carbocycles. The summed E-state index contributed by atoms with van der Waals surface area (Å²) in [6.45, 7) is 0. The highest BCUT2D eigenvalue weighted by Gasteiger charge is 2.12. The van der Waals surface area contributed by atoms with Crippen LogP contribution in [0.4, 0.5) is 5.69 Å². The van der Waals surface area contributed by atoms with Crippen LogP contribution in [0.1, 0.15) is 0 Å². The Bertz CT molecular complexity index is 1800. The molecule has 0 N–H and O–H groups in total. The Morgan fingerprint density at radius 2 is 1.55 bits per heavy atom. The highest BCUT2D eigenvalue weighted by molar-refractivity contribution is 7.80. The molecule has 0 unspecified atom stereocenters. The Morgan fingerprint density at radius 3 is 2.20 bits per heavy atom. The number of thiocarbonyl (C=S) groups is 2. The number of rotatable bonds is 5. The molecule has 0 aliphatic rings. The van der Waals surface area contributed by atoms with Crippen molar-refractivity contribution >= 4 is 62.1 Å². The van der Waals surface area contributed by atoms with E-state index in [0.717, 1.165) is 27.4 Å². The standard InChI is InChI=1S/C22H16N2O3S.C7H6N4S/c1-25-21-11-17-19(12-22(21)26-2)23-9-8-20(17)27-15-6-7-16-14(10-15)4-3-5-18(16)24-13-28;12-7(10-3-1-8-5-10)11-4-2-9-6-11/h3-12H,1-2H3;1-6H. The molecule has 0 saturated carbocycles. The van der Waals surface area contributed by atoms with Crippen LogP contribution in [0.5, 0.6) is 23.0 Å². The quantitative estimate of drug-likeness (QED) is 0.168. The maximum atomic E-state index is 6.17. The summed E-state index contributed by atoms with van der Waals surface area (Å²) < 4.78 is 20.4. The first-order valence-corrected chi connectivity index (χ1v) is 12.7. The van der Waals surface area contributed by atoms with Gasteiger partial charge in [0, 0.05) is 47.8 Å². The minimum absolute atomic E-state index is 0.619. The molecule has 3 aromatic heterocycles. The number of aromatic nitrogens is 5. The molecule has 0 fully saturated rings. The van der Waals surface area contributed by atoms with Gasteiger partial charge < -0.3 is 14.2 Å². The second-order valence-corrected chi connectivity index (χ2v) is 8.77. The lowest BCUT2D eigenvalue weighted by molar-refractivity contribution is 0.355. The van der Waals surface area contributed by atoms with Gasteiger partial charge in [0.05, 0.1) is 30.6 Å². The largest absolute Gasteiger partial charge is 0.493 e. The summed E-state index contributed by atoms with van der Waals surface area (Å²) in [7, 11) is 3.20. The molecule has 198 valence electrons.